The van der Waals surface area contributed by atoms with Crippen molar-refractivity contribution in [3.8, 4) is 0 Å². The summed E-state index contributed by atoms with van der Waals surface area (Å²) in [5.41, 5.74) is -1.08. The number of benzene rings is 2. The standard InChI is InChI=1S/C31H35F3N4O6.ClH/c1-43-17-25-26(28(39)44-2)27(18-7-8-23(33)24(34)15-18)38(30(41)36-25)29(40)35-19-11-14-37(16-19)20-9-12-31(42,13-10-20)21-5-3-4-6-22(21)32;/h3-8,15,19-20,27,42H,9-14,16-17H2,1-2H3,(H,35,40)(H,36,41);1H/t19-,20?,27+,31?;/m1./s1. The van der Waals surface area contributed by atoms with Gasteiger partial charge >= 0.3 is 18.0 Å². The Morgan fingerprint density at radius 3 is 2.40 bits per heavy atom. The lowest BCUT2D eigenvalue weighted by Gasteiger charge is -2.40. The third kappa shape index (κ3) is 6.96. The maximum atomic E-state index is 14.4. The third-order valence-corrected chi connectivity index (χ3v) is 8.73. The summed E-state index contributed by atoms with van der Waals surface area (Å²) < 4.78 is 52.6. The van der Waals surface area contributed by atoms with Gasteiger partial charge in [-0.15, -0.1) is 12.4 Å². The first-order valence-electron chi connectivity index (χ1n) is 14.4. The van der Waals surface area contributed by atoms with Crippen molar-refractivity contribution in [2.45, 2.75) is 55.8 Å². The first-order chi connectivity index (χ1) is 21.1. The molecule has 1 saturated carbocycles. The van der Waals surface area contributed by atoms with Gasteiger partial charge in [0.05, 0.1) is 30.6 Å². The minimum Gasteiger partial charge on any atom is -0.466 e. The molecule has 0 spiro atoms. The summed E-state index contributed by atoms with van der Waals surface area (Å²) in [5.74, 6) is -3.66. The molecule has 0 aromatic heterocycles. The van der Waals surface area contributed by atoms with Crippen LogP contribution in [0.3, 0.4) is 0 Å². The molecule has 0 unspecified atom stereocenters. The molecule has 4 amide bonds. The van der Waals surface area contributed by atoms with E-state index in [1.165, 1.54) is 19.2 Å². The zero-order valence-corrected chi connectivity index (χ0v) is 25.7. The van der Waals surface area contributed by atoms with Crippen LogP contribution in [0.4, 0.5) is 22.8 Å². The molecule has 2 fully saturated rings. The lowest BCUT2D eigenvalue weighted by atomic mass is 9.77. The number of hydrogen-bond acceptors (Lipinski definition) is 7. The molecule has 10 nitrogen and oxygen atoms in total. The molecule has 45 heavy (non-hydrogen) atoms. The number of imide groups is 1. The van der Waals surface area contributed by atoms with Crippen molar-refractivity contribution in [3.63, 3.8) is 0 Å². The van der Waals surface area contributed by atoms with Crippen molar-refractivity contribution in [2.75, 3.05) is 33.9 Å². The van der Waals surface area contributed by atoms with Crippen LogP contribution in [-0.2, 0) is 19.9 Å². The van der Waals surface area contributed by atoms with Gasteiger partial charge in [0.25, 0.3) is 0 Å². The Morgan fingerprint density at radius 1 is 1.04 bits per heavy atom. The van der Waals surface area contributed by atoms with E-state index in [4.69, 9.17) is 9.47 Å². The highest BCUT2D eigenvalue weighted by atomic mass is 35.5. The van der Waals surface area contributed by atoms with E-state index in [9.17, 15) is 32.7 Å². The third-order valence-electron chi connectivity index (χ3n) is 8.73. The number of amides is 4. The number of methoxy groups -OCH3 is 2. The Balaban J connectivity index is 0.00000461. The number of nitrogens with zero attached hydrogens (tertiary/aromatic N) is 2. The Hall–Kier alpha value is -3.65. The summed E-state index contributed by atoms with van der Waals surface area (Å²) in [6.45, 7) is 0.906. The van der Waals surface area contributed by atoms with Crippen LogP contribution in [0.25, 0.3) is 0 Å². The van der Waals surface area contributed by atoms with Crippen LogP contribution in [0, 0.1) is 17.5 Å². The van der Waals surface area contributed by atoms with Gasteiger partial charge in [-0.2, -0.15) is 0 Å². The fourth-order valence-corrected chi connectivity index (χ4v) is 6.51. The summed E-state index contributed by atoms with van der Waals surface area (Å²) >= 11 is 0. The average molecular weight is 653 g/mol. The number of carbonyl (C=O) groups excluding carboxylic acids is 3. The molecule has 0 bridgehead atoms. The second kappa shape index (κ2) is 14.2. The number of ether oxygens (including phenoxy) is 2. The molecule has 3 N–H and O–H groups in total. The van der Waals surface area contributed by atoms with Gasteiger partial charge in [0.15, 0.2) is 11.6 Å². The van der Waals surface area contributed by atoms with Gasteiger partial charge in [0, 0.05) is 37.8 Å². The molecular weight excluding hydrogens is 617 g/mol. The average Bonchev–Trinajstić information content (AvgIpc) is 3.46. The SMILES string of the molecule is COCC1=C(C(=O)OC)[C@H](c2ccc(F)c(F)c2)N(C(=O)N[C@@H]2CCN(C3CCC(O)(c4ccccc4F)CC3)C2)C(=O)N1.Cl. The molecule has 2 aliphatic heterocycles. The van der Waals surface area contributed by atoms with E-state index in [2.05, 4.69) is 15.5 Å². The molecule has 1 saturated heterocycles. The second-order valence-corrected chi connectivity index (χ2v) is 11.4. The van der Waals surface area contributed by atoms with Crippen LogP contribution in [0.2, 0.25) is 0 Å². The quantitative estimate of drug-likeness (QED) is 0.382. The highest BCUT2D eigenvalue weighted by Crippen LogP contribution is 2.40. The molecule has 0 radical (unpaired) electrons. The zero-order chi connectivity index (χ0) is 31.6. The number of carbonyl (C=O) groups is 3. The molecule has 1 aliphatic carbocycles. The van der Waals surface area contributed by atoms with Crippen molar-refractivity contribution >= 4 is 30.4 Å². The smallest absolute Gasteiger partial charge is 0.338 e. The number of urea groups is 2. The van der Waals surface area contributed by atoms with Crippen LogP contribution in [-0.4, -0.2) is 78.9 Å². The van der Waals surface area contributed by atoms with Gasteiger partial charge < -0.3 is 25.2 Å². The normalized spacial score (nSPS) is 25.4. The fourth-order valence-electron chi connectivity index (χ4n) is 6.51. The minimum atomic E-state index is -1.43. The van der Waals surface area contributed by atoms with Crippen LogP contribution in [0.1, 0.15) is 49.3 Å². The first kappa shape index (κ1) is 34.2. The van der Waals surface area contributed by atoms with E-state index in [1.54, 1.807) is 18.2 Å². The topological polar surface area (TPSA) is 120 Å². The van der Waals surface area contributed by atoms with E-state index in [0.29, 0.717) is 50.8 Å². The number of esters is 1. The van der Waals surface area contributed by atoms with Crippen molar-refractivity contribution in [2.24, 2.45) is 0 Å². The van der Waals surface area contributed by atoms with Crippen molar-refractivity contribution < 1.29 is 42.1 Å². The highest BCUT2D eigenvalue weighted by molar-refractivity contribution is 6.01. The highest BCUT2D eigenvalue weighted by Gasteiger charge is 2.45. The largest absolute Gasteiger partial charge is 0.466 e. The van der Waals surface area contributed by atoms with Crippen molar-refractivity contribution in [3.05, 3.63) is 82.3 Å². The monoisotopic (exact) mass is 652 g/mol. The number of nitrogens with one attached hydrogen (secondary N) is 2. The molecule has 2 heterocycles. The van der Waals surface area contributed by atoms with Gasteiger partial charge in [-0.1, -0.05) is 24.3 Å². The number of hydrogen-bond donors (Lipinski definition) is 3. The summed E-state index contributed by atoms with van der Waals surface area (Å²) in [5, 5.41) is 16.5. The number of aliphatic hydroxyl groups is 1. The molecule has 5 rings (SSSR count). The molecule has 3 aliphatic rings. The van der Waals surface area contributed by atoms with Crippen molar-refractivity contribution in [1.29, 1.82) is 0 Å². The summed E-state index contributed by atoms with van der Waals surface area (Å²) in [7, 11) is 2.47. The van der Waals surface area contributed by atoms with Gasteiger partial charge in [0.2, 0.25) is 0 Å². The predicted molar refractivity (Wildman–Crippen MR) is 159 cm³/mol. The van der Waals surface area contributed by atoms with Gasteiger partial charge in [0.1, 0.15) is 11.9 Å². The second-order valence-electron chi connectivity index (χ2n) is 11.4. The summed E-state index contributed by atoms with van der Waals surface area (Å²) in [4.78, 5) is 42.8. The van der Waals surface area contributed by atoms with Gasteiger partial charge in [-0.3, -0.25) is 4.90 Å². The number of rotatable bonds is 7. The van der Waals surface area contributed by atoms with E-state index >= 15 is 0 Å². The maximum absolute atomic E-state index is 14.4. The van der Waals surface area contributed by atoms with Crippen LogP contribution in [0.5, 0.6) is 0 Å². The van der Waals surface area contributed by atoms with Gasteiger partial charge in [-0.05, 0) is 55.9 Å². The Morgan fingerprint density at radius 2 is 1.76 bits per heavy atom. The lowest BCUT2D eigenvalue weighted by Crippen LogP contribution is -2.57. The fraction of sp³-hybridized carbons (Fsp3) is 0.452. The number of halogens is 4. The first-order valence-corrected chi connectivity index (χ1v) is 14.4. The number of likely N-dealkylation sites (tertiary alicyclic amines) is 1. The Labute approximate surface area is 264 Å². The molecule has 2 aromatic carbocycles. The van der Waals surface area contributed by atoms with Gasteiger partial charge in [-0.25, -0.2) is 32.5 Å². The summed E-state index contributed by atoms with van der Waals surface area (Å²) in [6.07, 6.45) is 2.62. The molecule has 2 aromatic rings. The predicted octanol–water partition coefficient (Wildman–Crippen LogP) is 4.28. The molecule has 14 heteroatoms. The summed E-state index contributed by atoms with van der Waals surface area (Å²) in [6, 6.07) is 5.73. The minimum absolute atomic E-state index is 0. The zero-order valence-electron chi connectivity index (χ0n) is 24.9. The van der Waals surface area contributed by atoms with Crippen molar-refractivity contribution in [1.82, 2.24) is 20.4 Å². The molecular formula is C31H36ClF3N4O6. The molecule has 2 atom stereocenters. The van der Waals surface area contributed by atoms with Crippen LogP contribution < -0.4 is 10.6 Å². The Kier molecular flexibility index (Phi) is 10.8. The van der Waals surface area contributed by atoms with Crippen LogP contribution >= 0.6 is 12.4 Å². The maximum Gasteiger partial charge on any atom is 0.338 e. The van der Waals surface area contributed by atoms with E-state index in [0.717, 1.165) is 24.1 Å². The van der Waals surface area contributed by atoms with E-state index < -0.39 is 47.1 Å². The van der Waals surface area contributed by atoms with E-state index in [1.807, 2.05) is 0 Å². The molecule has 244 valence electrons. The van der Waals surface area contributed by atoms with Crippen LogP contribution in [0.15, 0.2) is 53.7 Å². The lowest BCUT2D eigenvalue weighted by molar-refractivity contribution is -0.137. The van der Waals surface area contributed by atoms with E-state index in [-0.39, 0.29) is 47.9 Å². The Bertz CT molecular complexity index is 1470.